The van der Waals surface area contributed by atoms with Crippen LogP contribution in [0, 0.1) is 5.92 Å². The number of aliphatic hydroxyl groups excluding tert-OH is 1. The number of hydrogen-bond donors (Lipinski definition) is 2. The summed E-state index contributed by atoms with van der Waals surface area (Å²) >= 11 is 0. The van der Waals surface area contributed by atoms with E-state index in [0.717, 1.165) is 12.8 Å². The van der Waals surface area contributed by atoms with Crippen molar-refractivity contribution in [1.82, 2.24) is 9.03 Å². The highest BCUT2D eigenvalue weighted by molar-refractivity contribution is 7.87. The third kappa shape index (κ3) is 3.69. The van der Waals surface area contributed by atoms with Crippen LogP contribution in [0.25, 0.3) is 0 Å². The van der Waals surface area contributed by atoms with E-state index in [1.54, 1.807) is 0 Å². The van der Waals surface area contributed by atoms with Gasteiger partial charge in [-0.05, 0) is 25.2 Å². The zero-order valence-electron chi connectivity index (χ0n) is 10.0. The Morgan fingerprint density at radius 1 is 1.31 bits per heavy atom. The second kappa shape index (κ2) is 5.95. The van der Waals surface area contributed by atoms with E-state index in [1.807, 2.05) is 13.8 Å². The van der Waals surface area contributed by atoms with Gasteiger partial charge in [-0.3, -0.25) is 0 Å². The molecule has 1 atom stereocenters. The number of hydrogen-bond acceptors (Lipinski definition) is 3. The molecule has 0 spiro atoms. The molecule has 0 amide bonds. The van der Waals surface area contributed by atoms with Gasteiger partial charge >= 0.3 is 0 Å². The molecule has 96 valence electrons. The monoisotopic (exact) mass is 250 g/mol. The first kappa shape index (κ1) is 13.9. The quantitative estimate of drug-likeness (QED) is 0.713. The van der Waals surface area contributed by atoms with Crippen molar-refractivity contribution in [3.63, 3.8) is 0 Å². The van der Waals surface area contributed by atoms with Crippen LogP contribution >= 0.6 is 0 Å². The highest BCUT2D eigenvalue weighted by atomic mass is 32.2. The summed E-state index contributed by atoms with van der Waals surface area (Å²) in [7, 11) is -3.35. The molecule has 1 saturated heterocycles. The van der Waals surface area contributed by atoms with Gasteiger partial charge < -0.3 is 5.11 Å². The molecular formula is C10H22N2O3S. The molecule has 1 unspecified atom stereocenters. The van der Waals surface area contributed by atoms with Crippen molar-refractivity contribution in [2.45, 2.75) is 39.2 Å². The Labute approximate surface area is 98.0 Å². The van der Waals surface area contributed by atoms with Crippen molar-refractivity contribution >= 4 is 10.2 Å². The van der Waals surface area contributed by atoms with Crippen molar-refractivity contribution in [3.05, 3.63) is 0 Å². The van der Waals surface area contributed by atoms with Crippen LogP contribution in [0.1, 0.15) is 33.1 Å². The number of rotatable bonds is 6. The normalized spacial score (nSPS) is 20.5. The summed E-state index contributed by atoms with van der Waals surface area (Å²) in [5, 5.41) is 8.90. The molecule has 1 aliphatic rings. The fourth-order valence-corrected chi connectivity index (χ4v) is 3.52. The molecule has 0 aliphatic carbocycles. The Morgan fingerprint density at radius 2 is 1.88 bits per heavy atom. The lowest BCUT2D eigenvalue weighted by Crippen LogP contribution is -2.46. The summed E-state index contributed by atoms with van der Waals surface area (Å²) < 4.78 is 28.1. The van der Waals surface area contributed by atoms with Gasteiger partial charge in [0.1, 0.15) is 0 Å². The zero-order chi connectivity index (χ0) is 12.2. The molecule has 0 aromatic carbocycles. The molecule has 0 saturated carbocycles. The lowest BCUT2D eigenvalue weighted by atomic mass is 10.0. The van der Waals surface area contributed by atoms with Crippen LogP contribution in [0.5, 0.6) is 0 Å². The van der Waals surface area contributed by atoms with Crippen LogP contribution in [0.3, 0.4) is 0 Å². The fourth-order valence-electron chi connectivity index (χ4n) is 1.86. The van der Waals surface area contributed by atoms with Crippen molar-refractivity contribution < 1.29 is 13.5 Å². The summed E-state index contributed by atoms with van der Waals surface area (Å²) in [4.78, 5) is 0. The standard InChI is InChI=1S/C10H22N2O3S/c1-9(2)10(5-8-13)11-16(14,15)12-6-3-4-7-12/h9-11,13H,3-8H2,1-2H3. The molecule has 5 nitrogen and oxygen atoms in total. The lowest BCUT2D eigenvalue weighted by Gasteiger charge is -2.24. The number of aliphatic hydroxyl groups is 1. The molecule has 1 rings (SSSR count). The Morgan fingerprint density at radius 3 is 2.31 bits per heavy atom. The van der Waals surface area contributed by atoms with E-state index in [9.17, 15) is 8.42 Å². The Hall–Kier alpha value is -0.170. The predicted octanol–water partition coefficient (Wildman–Crippen LogP) is 0.324. The number of nitrogens with zero attached hydrogens (tertiary/aromatic N) is 1. The molecule has 1 heterocycles. The van der Waals surface area contributed by atoms with Crippen LogP contribution in [0.15, 0.2) is 0 Å². The van der Waals surface area contributed by atoms with Crippen LogP contribution in [-0.2, 0) is 10.2 Å². The molecule has 6 heteroatoms. The maximum atomic E-state index is 12.0. The van der Waals surface area contributed by atoms with Gasteiger partial charge in [0.05, 0.1) is 0 Å². The van der Waals surface area contributed by atoms with Crippen LogP contribution in [-0.4, -0.2) is 43.6 Å². The Kier molecular flexibility index (Phi) is 5.17. The smallest absolute Gasteiger partial charge is 0.279 e. The highest BCUT2D eigenvalue weighted by Crippen LogP contribution is 2.14. The molecular weight excluding hydrogens is 228 g/mol. The van der Waals surface area contributed by atoms with Crippen molar-refractivity contribution in [2.24, 2.45) is 5.92 Å². The lowest BCUT2D eigenvalue weighted by molar-refractivity contribution is 0.254. The van der Waals surface area contributed by atoms with Crippen LogP contribution < -0.4 is 4.72 Å². The van der Waals surface area contributed by atoms with Gasteiger partial charge in [-0.15, -0.1) is 0 Å². The molecule has 1 aliphatic heterocycles. The third-order valence-electron chi connectivity index (χ3n) is 2.95. The van der Waals surface area contributed by atoms with Gasteiger partial charge in [-0.2, -0.15) is 17.4 Å². The maximum absolute atomic E-state index is 12.0. The van der Waals surface area contributed by atoms with E-state index in [1.165, 1.54) is 4.31 Å². The summed E-state index contributed by atoms with van der Waals surface area (Å²) in [6.45, 7) is 5.13. The predicted molar refractivity (Wildman–Crippen MR) is 63.2 cm³/mol. The average molecular weight is 250 g/mol. The second-order valence-electron chi connectivity index (χ2n) is 4.59. The van der Waals surface area contributed by atoms with Gasteiger partial charge in [0.25, 0.3) is 10.2 Å². The van der Waals surface area contributed by atoms with Crippen molar-refractivity contribution in [1.29, 1.82) is 0 Å². The Bertz CT molecular complexity index is 297. The van der Waals surface area contributed by atoms with Crippen molar-refractivity contribution in [2.75, 3.05) is 19.7 Å². The highest BCUT2D eigenvalue weighted by Gasteiger charge is 2.28. The van der Waals surface area contributed by atoms with E-state index in [2.05, 4.69) is 4.72 Å². The summed E-state index contributed by atoms with van der Waals surface area (Å²) in [6, 6.07) is -0.185. The maximum Gasteiger partial charge on any atom is 0.279 e. The summed E-state index contributed by atoms with van der Waals surface area (Å²) in [5.74, 6) is 0.185. The summed E-state index contributed by atoms with van der Waals surface area (Å²) in [5.41, 5.74) is 0. The molecule has 16 heavy (non-hydrogen) atoms. The minimum absolute atomic E-state index is 0.00532. The van der Waals surface area contributed by atoms with E-state index in [-0.39, 0.29) is 18.6 Å². The molecule has 0 radical (unpaired) electrons. The molecule has 0 aromatic rings. The topological polar surface area (TPSA) is 69.6 Å². The fraction of sp³-hybridized carbons (Fsp3) is 1.00. The van der Waals surface area contributed by atoms with E-state index in [0.29, 0.717) is 19.5 Å². The first-order chi connectivity index (χ1) is 7.47. The molecule has 2 N–H and O–H groups in total. The average Bonchev–Trinajstić information content (AvgIpc) is 2.69. The van der Waals surface area contributed by atoms with E-state index >= 15 is 0 Å². The largest absolute Gasteiger partial charge is 0.396 e. The van der Waals surface area contributed by atoms with E-state index < -0.39 is 10.2 Å². The van der Waals surface area contributed by atoms with Crippen LogP contribution in [0.2, 0.25) is 0 Å². The minimum Gasteiger partial charge on any atom is -0.396 e. The minimum atomic E-state index is -3.35. The first-order valence-corrected chi connectivity index (χ1v) is 7.29. The van der Waals surface area contributed by atoms with Gasteiger partial charge in [-0.25, -0.2) is 0 Å². The molecule has 0 aromatic heterocycles. The summed E-state index contributed by atoms with van der Waals surface area (Å²) in [6.07, 6.45) is 2.34. The van der Waals surface area contributed by atoms with Crippen LogP contribution in [0.4, 0.5) is 0 Å². The molecule has 1 fully saturated rings. The first-order valence-electron chi connectivity index (χ1n) is 5.85. The molecule has 0 bridgehead atoms. The Balaban J connectivity index is 2.61. The number of nitrogens with one attached hydrogen (secondary N) is 1. The van der Waals surface area contributed by atoms with E-state index in [4.69, 9.17) is 5.11 Å². The zero-order valence-corrected chi connectivity index (χ0v) is 10.8. The van der Waals surface area contributed by atoms with Gasteiger partial charge in [-0.1, -0.05) is 13.8 Å². The van der Waals surface area contributed by atoms with Gasteiger partial charge in [0.15, 0.2) is 0 Å². The third-order valence-corrected chi connectivity index (χ3v) is 4.60. The van der Waals surface area contributed by atoms with Crippen molar-refractivity contribution in [3.8, 4) is 0 Å². The SMILES string of the molecule is CC(C)C(CCO)NS(=O)(=O)N1CCCC1. The van der Waals surface area contributed by atoms with Gasteiger partial charge in [0, 0.05) is 25.7 Å². The second-order valence-corrected chi connectivity index (χ2v) is 6.29. The van der Waals surface area contributed by atoms with Gasteiger partial charge in [0.2, 0.25) is 0 Å².